The second kappa shape index (κ2) is 6.24. The van der Waals surface area contributed by atoms with E-state index in [2.05, 4.69) is 66.7 Å². The van der Waals surface area contributed by atoms with Crippen LogP contribution in [-0.2, 0) is 11.2 Å². The van der Waals surface area contributed by atoms with Crippen molar-refractivity contribution in [1.29, 1.82) is 0 Å². The first-order chi connectivity index (χ1) is 13.2. The molecule has 0 fully saturated rings. The molecule has 0 aliphatic rings. The second-order valence-corrected chi connectivity index (χ2v) is 7.31. The van der Waals surface area contributed by atoms with Gasteiger partial charge in [0.1, 0.15) is 0 Å². The Labute approximate surface area is 157 Å². The van der Waals surface area contributed by atoms with Crippen molar-refractivity contribution in [2.45, 2.75) is 25.7 Å². The predicted octanol–water partition coefficient (Wildman–Crippen LogP) is 6.53. The van der Waals surface area contributed by atoms with E-state index in [0.29, 0.717) is 6.42 Å². The van der Waals surface area contributed by atoms with Gasteiger partial charge < -0.3 is 5.11 Å². The fraction of sp³-hybridized carbons (Fsp3) is 0.160. The third-order valence-electron chi connectivity index (χ3n) is 5.71. The number of carbonyl (C=O) groups is 1. The summed E-state index contributed by atoms with van der Waals surface area (Å²) in [5, 5.41) is 19.4. The average Bonchev–Trinajstić information content (AvgIpc) is 2.69. The lowest BCUT2D eigenvalue weighted by Gasteiger charge is -2.17. The molecule has 0 aliphatic carbocycles. The first-order valence-corrected chi connectivity index (χ1v) is 9.53. The van der Waals surface area contributed by atoms with Gasteiger partial charge in [-0.25, -0.2) is 0 Å². The Bertz CT molecular complexity index is 1280. The Kier molecular flexibility index (Phi) is 3.71. The highest BCUT2D eigenvalue weighted by Crippen LogP contribution is 2.41. The number of carboxylic acids is 1. The summed E-state index contributed by atoms with van der Waals surface area (Å²) in [5.74, 6) is -0.713. The van der Waals surface area contributed by atoms with Crippen molar-refractivity contribution in [3.05, 3.63) is 72.3 Å². The van der Waals surface area contributed by atoms with Crippen molar-refractivity contribution >= 4 is 49.1 Å². The predicted molar refractivity (Wildman–Crippen MR) is 113 cm³/mol. The Morgan fingerprint density at radius 2 is 1.37 bits per heavy atom. The normalized spacial score (nSPS) is 11.9. The van der Waals surface area contributed by atoms with Crippen molar-refractivity contribution in [2.24, 2.45) is 0 Å². The van der Waals surface area contributed by atoms with Crippen molar-refractivity contribution in [2.75, 3.05) is 0 Å². The van der Waals surface area contributed by atoms with Gasteiger partial charge in [0, 0.05) is 6.42 Å². The fourth-order valence-corrected chi connectivity index (χ4v) is 4.53. The smallest absolute Gasteiger partial charge is 0.303 e. The molecular formula is C25H20O2. The highest BCUT2D eigenvalue weighted by atomic mass is 16.4. The number of carboxylic acid groups (broad SMARTS) is 1. The van der Waals surface area contributed by atoms with Gasteiger partial charge in [-0.2, -0.15) is 0 Å². The molecule has 0 saturated carbocycles. The van der Waals surface area contributed by atoms with E-state index in [1.54, 1.807) is 0 Å². The molecule has 132 valence electrons. The van der Waals surface area contributed by atoms with E-state index in [0.717, 1.165) is 12.8 Å². The molecule has 0 aliphatic heterocycles. The third-order valence-corrected chi connectivity index (χ3v) is 5.71. The van der Waals surface area contributed by atoms with Crippen LogP contribution in [0, 0.1) is 0 Å². The molecule has 0 radical (unpaired) electrons. The van der Waals surface area contributed by atoms with Gasteiger partial charge in [-0.1, -0.05) is 66.7 Å². The zero-order valence-electron chi connectivity index (χ0n) is 15.0. The first-order valence-electron chi connectivity index (χ1n) is 9.53. The summed E-state index contributed by atoms with van der Waals surface area (Å²) in [6, 6.07) is 24.1. The molecule has 0 unspecified atom stereocenters. The van der Waals surface area contributed by atoms with Crippen LogP contribution in [0.2, 0.25) is 0 Å². The molecule has 5 rings (SSSR count). The monoisotopic (exact) mass is 352 g/mol. The van der Waals surface area contributed by atoms with Gasteiger partial charge in [0.05, 0.1) is 0 Å². The van der Waals surface area contributed by atoms with E-state index in [1.807, 2.05) is 0 Å². The molecule has 2 heteroatoms. The SMILES string of the molecule is O=C(O)CCCCc1c2ccccc2c2ccc3cccc4ccc1c2c43. The van der Waals surface area contributed by atoms with Gasteiger partial charge in [0.25, 0.3) is 0 Å². The highest BCUT2D eigenvalue weighted by Gasteiger charge is 2.15. The Morgan fingerprint density at radius 1 is 0.667 bits per heavy atom. The van der Waals surface area contributed by atoms with Crippen LogP contribution in [0.15, 0.2) is 66.7 Å². The summed E-state index contributed by atoms with van der Waals surface area (Å²) in [7, 11) is 0. The minimum absolute atomic E-state index is 0.240. The molecular weight excluding hydrogens is 332 g/mol. The molecule has 2 nitrogen and oxygen atoms in total. The molecule has 27 heavy (non-hydrogen) atoms. The number of hydrogen-bond acceptors (Lipinski definition) is 1. The largest absolute Gasteiger partial charge is 0.481 e. The zero-order chi connectivity index (χ0) is 18.4. The minimum Gasteiger partial charge on any atom is -0.481 e. The van der Waals surface area contributed by atoms with Crippen LogP contribution in [0.5, 0.6) is 0 Å². The number of aliphatic carboxylic acids is 1. The molecule has 0 saturated heterocycles. The number of aryl methyl sites for hydroxylation is 1. The number of hydrogen-bond donors (Lipinski definition) is 1. The summed E-state index contributed by atoms with van der Waals surface area (Å²) < 4.78 is 0. The van der Waals surface area contributed by atoms with Crippen LogP contribution < -0.4 is 0 Å². The molecule has 0 amide bonds. The fourth-order valence-electron chi connectivity index (χ4n) is 4.53. The Morgan fingerprint density at radius 3 is 2.11 bits per heavy atom. The molecule has 5 aromatic carbocycles. The van der Waals surface area contributed by atoms with Crippen molar-refractivity contribution in [3.8, 4) is 0 Å². The van der Waals surface area contributed by atoms with Crippen LogP contribution in [-0.4, -0.2) is 11.1 Å². The molecule has 5 aromatic rings. The average molecular weight is 352 g/mol. The zero-order valence-corrected chi connectivity index (χ0v) is 15.0. The van der Waals surface area contributed by atoms with E-state index in [1.165, 1.54) is 48.7 Å². The number of unbranched alkanes of at least 4 members (excludes halogenated alkanes) is 1. The maximum absolute atomic E-state index is 10.9. The van der Waals surface area contributed by atoms with Crippen molar-refractivity contribution in [1.82, 2.24) is 0 Å². The van der Waals surface area contributed by atoms with Gasteiger partial charge in [-0.05, 0) is 67.9 Å². The van der Waals surface area contributed by atoms with Crippen LogP contribution >= 0.6 is 0 Å². The van der Waals surface area contributed by atoms with E-state index in [-0.39, 0.29) is 6.42 Å². The van der Waals surface area contributed by atoms with Crippen LogP contribution in [0.25, 0.3) is 43.1 Å². The van der Waals surface area contributed by atoms with Crippen molar-refractivity contribution < 1.29 is 9.90 Å². The standard InChI is InChI=1S/C25H20O2/c26-23(27)11-4-3-10-20-18-8-1-2-9-19(18)21-14-12-16-6-5-7-17-13-15-22(20)25(21)24(16)17/h1-2,5-9,12-15H,3-4,10-11H2,(H,26,27). The van der Waals surface area contributed by atoms with Gasteiger partial charge in [0.2, 0.25) is 0 Å². The lowest BCUT2D eigenvalue weighted by atomic mass is 9.86. The molecule has 0 heterocycles. The number of fused-ring (bicyclic) bond motifs is 2. The van der Waals surface area contributed by atoms with Gasteiger partial charge in [-0.3, -0.25) is 4.79 Å². The summed E-state index contributed by atoms with van der Waals surface area (Å²) in [5.41, 5.74) is 1.35. The van der Waals surface area contributed by atoms with Gasteiger partial charge in [0.15, 0.2) is 0 Å². The van der Waals surface area contributed by atoms with Gasteiger partial charge in [-0.15, -0.1) is 0 Å². The number of rotatable bonds is 5. The second-order valence-electron chi connectivity index (χ2n) is 7.31. The summed E-state index contributed by atoms with van der Waals surface area (Å²) >= 11 is 0. The number of benzene rings is 5. The van der Waals surface area contributed by atoms with Crippen LogP contribution in [0.1, 0.15) is 24.8 Å². The Balaban J connectivity index is 1.81. The third kappa shape index (κ3) is 2.52. The minimum atomic E-state index is -0.713. The summed E-state index contributed by atoms with van der Waals surface area (Å²) in [6.07, 6.45) is 2.75. The van der Waals surface area contributed by atoms with E-state index < -0.39 is 5.97 Å². The van der Waals surface area contributed by atoms with E-state index in [9.17, 15) is 4.79 Å². The molecule has 0 atom stereocenters. The maximum Gasteiger partial charge on any atom is 0.303 e. The maximum atomic E-state index is 10.9. The summed E-state index contributed by atoms with van der Waals surface area (Å²) in [6.45, 7) is 0. The topological polar surface area (TPSA) is 37.3 Å². The van der Waals surface area contributed by atoms with Gasteiger partial charge >= 0.3 is 5.97 Å². The van der Waals surface area contributed by atoms with E-state index >= 15 is 0 Å². The molecule has 0 aromatic heterocycles. The summed E-state index contributed by atoms with van der Waals surface area (Å²) in [4.78, 5) is 10.9. The molecule has 0 spiro atoms. The quantitative estimate of drug-likeness (QED) is 0.222. The highest BCUT2D eigenvalue weighted by molar-refractivity contribution is 6.30. The molecule has 1 N–H and O–H groups in total. The lowest BCUT2D eigenvalue weighted by Crippen LogP contribution is -1.97. The Hall–Kier alpha value is -3.13. The lowest BCUT2D eigenvalue weighted by molar-refractivity contribution is -0.137. The van der Waals surface area contributed by atoms with Crippen molar-refractivity contribution in [3.63, 3.8) is 0 Å². The van der Waals surface area contributed by atoms with Crippen LogP contribution in [0.3, 0.4) is 0 Å². The van der Waals surface area contributed by atoms with E-state index in [4.69, 9.17) is 5.11 Å². The molecule has 0 bridgehead atoms. The first kappa shape index (κ1) is 16.1. The van der Waals surface area contributed by atoms with Crippen LogP contribution in [0.4, 0.5) is 0 Å².